The van der Waals surface area contributed by atoms with Gasteiger partial charge in [0.05, 0.1) is 12.3 Å². The molecule has 1 atom stereocenters. The van der Waals surface area contributed by atoms with E-state index in [4.69, 9.17) is 16.2 Å². The molecule has 1 aromatic heterocycles. The molecule has 0 aliphatic rings. The molecule has 0 saturated carbocycles. The first kappa shape index (κ1) is 25.7. The van der Waals surface area contributed by atoms with E-state index in [1.165, 1.54) is 4.90 Å². The summed E-state index contributed by atoms with van der Waals surface area (Å²) >= 11 is 0.763. The second-order valence-electron chi connectivity index (χ2n) is 8.79. The van der Waals surface area contributed by atoms with Crippen LogP contribution in [0.2, 0.25) is 0 Å². The van der Waals surface area contributed by atoms with Gasteiger partial charge in [-0.25, -0.2) is 0 Å². The van der Waals surface area contributed by atoms with E-state index in [9.17, 15) is 14.4 Å². The first-order chi connectivity index (χ1) is 16.5. The predicted molar refractivity (Wildman–Crippen MR) is 137 cm³/mol. The number of amides is 3. The maximum atomic E-state index is 13.9. The van der Waals surface area contributed by atoms with E-state index in [-0.39, 0.29) is 16.3 Å². The zero-order valence-corrected chi connectivity index (χ0v) is 20.9. The van der Waals surface area contributed by atoms with Crippen LogP contribution in [0, 0.1) is 0 Å². The number of carbonyl (C=O) groups excluding carboxylic acids is 3. The number of benzene rings is 2. The van der Waals surface area contributed by atoms with Crippen LogP contribution in [0.4, 0.5) is 11.4 Å². The molecule has 35 heavy (non-hydrogen) atoms. The molecule has 0 spiro atoms. The Kier molecular flexibility index (Phi) is 7.75. The fourth-order valence-corrected chi connectivity index (χ4v) is 4.22. The molecule has 3 rings (SSSR count). The van der Waals surface area contributed by atoms with Crippen molar-refractivity contribution in [3.8, 4) is 5.75 Å². The molecular weight excluding hydrogens is 466 g/mol. The van der Waals surface area contributed by atoms with E-state index < -0.39 is 29.3 Å². The minimum absolute atomic E-state index is 0.0159. The number of carbonyl (C=O) groups is 3. The first-order valence-corrected chi connectivity index (χ1v) is 11.8. The van der Waals surface area contributed by atoms with Crippen molar-refractivity contribution in [3.63, 3.8) is 0 Å². The maximum absolute atomic E-state index is 13.9. The molecule has 1 heterocycles. The average molecular weight is 496 g/mol. The van der Waals surface area contributed by atoms with Gasteiger partial charge in [-0.1, -0.05) is 30.3 Å². The molecular formula is C25H29N5O4S. The van der Waals surface area contributed by atoms with Crippen LogP contribution in [0.3, 0.4) is 0 Å². The van der Waals surface area contributed by atoms with Gasteiger partial charge in [0, 0.05) is 11.2 Å². The molecule has 0 aliphatic carbocycles. The van der Waals surface area contributed by atoms with Gasteiger partial charge in [-0.15, -0.1) is 0 Å². The lowest BCUT2D eigenvalue weighted by molar-refractivity contribution is -0.123. The summed E-state index contributed by atoms with van der Waals surface area (Å²) in [5, 5.41) is 2.97. The minimum Gasteiger partial charge on any atom is -0.494 e. The Labute approximate surface area is 208 Å². The number of aromatic nitrogens is 1. The third kappa shape index (κ3) is 5.96. The van der Waals surface area contributed by atoms with E-state index in [2.05, 4.69) is 9.69 Å². The molecule has 9 nitrogen and oxygen atoms in total. The van der Waals surface area contributed by atoms with Crippen molar-refractivity contribution in [3.05, 3.63) is 70.7 Å². The molecule has 3 amide bonds. The highest BCUT2D eigenvalue weighted by Gasteiger charge is 2.37. The molecule has 5 N–H and O–H groups in total. The number of para-hydroxylation sites is 1. The minimum atomic E-state index is -1.06. The van der Waals surface area contributed by atoms with E-state index in [1.54, 1.807) is 54.6 Å². The monoisotopic (exact) mass is 495 g/mol. The third-order valence-corrected chi connectivity index (χ3v) is 5.77. The topological polar surface area (TPSA) is 141 Å². The highest BCUT2D eigenvalue weighted by Crippen LogP contribution is 2.34. The maximum Gasteiger partial charge on any atom is 0.273 e. The van der Waals surface area contributed by atoms with Gasteiger partial charge in [-0.3, -0.25) is 19.3 Å². The molecule has 184 valence electrons. The number of anilines is 2. The van der Waals surface area contributed by atoms with Gasteiger partial charge in [0.25, 0.3) is 11.8 Å². The number of nitrogens with one attached hydrogen (secondary N) is 1. The predicted octanol–water partition coefficient (Wildman–Crippen LogP) is 3.53. The quantitative estimate of drug-likeness (QED) is 0.437. The number of hydrogen-bond donors (Lipinski definition) is 3. The van der Waals surface area contributed by atoms with Crippen LogP contribution in [-0.2, 0) is 4.79 Å². The smallest absolute Gasteiger partial charge is 0.273 e. The SMILES string of the molecule is CCOc1ccc([C@H](C(=O)NC(C)(C)C)N(C(=O)c2snc(C(N)=O)c2N)c2ccccc2)cc1. The van der Waals surface area contributed by atoms with Gasteiger partial charge in [-0.05, 0) is 69.1 Å². The summed E-state index contributed by atoms with van der Waals surface area (Å²) in [4.78, 5) is 40.6. The lowest BCUT2D eigenvalue weighted by Crippen LogP contribution is -2.49. The molecule has 0 aliphatic heterocycles. The van der Waals surface area contributed by atoms with Crippen molar-refractivity contribution in [2.45, 2.75) is 39.3 Å². The van der Waals surface area contributed by atoms with Gasteiger partial charge >= 0.3 is 0 Å². The van der Waals surface area contributed by atoms with Crippen LogP contribution in [0.15, 0.2) is 54.6 Å². The number of nitrogens with two attached hydrogens (primary N) is 2. The molecule has 0 saturated heterocycles. The molecule has 10 heteroatoms. The summed E-state index contributed by atoms with van der Waals surface area (Å²) in [5.74, 6) is -1.17. The first-order valence-electron chi connectivity index (χ1n) is 11.0. The van der Waals surface area contributed by atoms with Crippen molar-refractivity contribution < 1.29 is 19.1 Å². The van der Waals surface area contributed by atoms with Crippen molar-refractivity contribution in [2.75, 3.05) is 17.2 Å². The summed E-state index contributed by atoms with van der Waals surface area (Å²) in [6, 6.07) is 14.7. The largest absolute Gasteiger partial charge is 0.494 e. The second kappa shape index (κ2) is 10.6. The fraction of sp³-hybridized carbons (Fsp3) is 0.280. The summed E-state index contributed by atoms with van der Waals surface area (Å²) < 4.78 is 9.49. The number of rotatable bonds is 8. The highest BCUT2D eigenvalue weighted by molar-refractivity contribution is 7.09. The third-order valence-electron chi connectivity index (χ3n) is 4.92. The highest BCUT2D eigenvalue weighted by atomic mass is 32.1. The molecule has 3 aromatic rings. The van der Waals surface area contributed by atoms with Crippen LogP contribution in [0.25, 0.3) is 0 Å². The number of ether oxygens (including phenoxy) is 1. The van der Waals surface area contributed by atoms with Crippen molar-refractivity contribution in [1.29, 1.82) is 0 Å². The summed E-state index contributed by atoms with van der Waals surface area (Å²) in [7, 11) is 0. The zero-order valence-electron chi connectivity index (χ0n) is 20.1. The van der Waals surface area contributed by atoms with Crippen molar-refractivity contribution in [2.24, 2.45) is 5.73 Å². The Morgan fingerprint density at radius 2 is 1.71 bits per heavy atom. The number of hydrogen-bond acceptors (Lipinski definition) is 7. The van der Waals surface area contributed by atoms with E-state index >= 15 is 0 Å². The van der Waals surface area contributed by atoms with E-state index in [0.717, 1.165) is 11.5 Å². The van der Waals surface area contributed by atoms with Crippen LogP contribution in [0.5, 0.6) is 5.75 Å². The Hall–Kier alpha value is -3.92. The van der Waals surface area contributed by atoms with Gasteiger partial charge < -0.3 is 21.5 Å². The van der Waals surface area contributed by atoms with E-state index in [1.807, 2.05) is 27.7 Å². The van der Waals surface area contributed by atoms with Crippen molar-refractivity contribution in [1.82, 2.24) is 9.69 Å². The molecule has 0 bridgehead atoms. The van der Waals surface area contributed by atoms with Crippen LogP contribution >= 0.6 is 11.5 Å². The normalized spacial score (nSPS) is 12.0. The Bertz CT molecular complexity index is 1200. The van der Waals surface area contributed by atoms with Gasteiger partial charge in [0.2, 0.25) is 5.91 Å². The number of nitrogens with zero attached hydrogens (tertiary/aromatic N) is 2. The van der Waals surface area contributed by atoms with E-state index in [0.29, 0.717) is 23.6 Å². The Morgan fingerprint density at radius 1 is 1.09 bits per heavy atom. The molecule has 0 unspecified atom stereocenters. The molecule has 2 aromatic carbocycles. The fourth-order valence-electron chi connectivity index (χ4n) is 3.48. The lowest BCUT2D eigenvalue weighted by atomic mass is 10.00. The summed E-state index contributed by atoms with van der Waals surface area (Å²) in [6.45, 7) is 7.94. The Morgan fingerprint density at radius 3 is 2.23 bits per heavy atom. The van der Waals surface area contributed by atoms with Gasteiger partial charge in [0.1, 0.15) is 16.7 Å². The average Bonchev–Trinajstić information content (AvgIpc) is 3.19. The summed E-state index contributed by atoms with van der Waals surface area (Å²) in [6.07, 6.45) is 0. The standard InChI is InChI=1S/C25H29N5O4S/c1-5-34-17-13-11-15(12-14-17)20(23(32)28-25(2,3)4)30(16-9-7-6-8-10-16)24(33)21-18(26)19(22(27)31)29-35-21/h6-14,20H,5,26H2,1-4H3,(H2,27,31)(H,28,32)/t20-/m1/s1. The van der Waals surface area contributed by atoms with Crippen LogP contribution in [-0.4, -0.2) is 34.2 Å². The number of primary amides is 1. The lowest BCUT2D eigenvalue weighted by Gasteiger charge is -2.33. The Balaban J connectivity index is 2.19. The molecule has 0 fully saturated rings. The summed E-state index contributed by atoms with van der Waals surface area (Å²) in [5.41, 5.74) is 11.6. The van der Waals surface area contributed by atoms with Crippen molar-refractivity contribution >= 4 is 40.6 Å². The number of nitrogen functional groups attached to an aromatic ring is 1. The zero-order chi connectivity index (χ0) is 25.8. The second-order valence-corrected chi connectivity index (χ2v) is 9.57. The van der Waals surface area contributed by atoms with Crippen LogP contribution in [0.1, 0.15) is 59.5 Å². The molecule has 0 radical (unpaired) electrons. The van der Waals surface area contributed by atoms with Crippen LogP contribution < -0.4 is 26.4 Å². The van der Waals surface area contributed by atoms with Gasteiger partial charge in [0.15, 0.2) is 5.69 Å². The van der Waals surface area contributed by atoms with Gasteiger partial charge in [-0.2, -0.15) is 4.37 Å².